The summed E-state index contributed by atoms with van der Waals surface area (Å²) in [7, 11) is 0. The molecule has 1 aromatic carbocycles. The molecule has 8 nitrogen and oxygen atoms in total. The van der Waals surface area contributed by atoms with Gasteiger partial charge in [-0.05, 0) is 32.9 Å². The highest BCUT2D eigenvalue weighted by Crippen LogP contribution is 2.21. The zero-order valence-corrected chi connectivity index (χ0v) is 16.6. The first-order valence-electron chi connectivity index (χ1n) is 8.85. The van der Waals surface area contributed by atoms with Crippen LogP contribution in [0, 0.1) is 6.92 Å². The number of hydrogen-bond acceptors (Lipinski definition) is 4. The Morgan fingerprint density at radius 1 is 1.21 bits per heavy atom. The zero-order valence-electron chi connectivity index (χ0n) is 15.8. The highest BCUT2D eigenvalue weighted by Gasteiger charge is 2.23. The lowest BCUT2D eigenvalue weighted by atomic mass is 10.2. The van der Waals surface area contributed by atoms with Gasteiger partial charge in [-0.3, -0.25) is 19.0 Å². The lowest BCUT2D eigenvalue weighted by Crippen LogP contribution is -2.26. The van der Waals surface area contributed by atoms with Crippen LogP contribution in [0.25, 0.3) is 0 Å². The molecule has 146 valence electrons. The topological polar surface area (TPSA) is 93.8 Å². The van der Waals surface area contributed by atoms with Crippen molar-refractivity contribution in [2.75, 3.05) is 10.6 Å². The Bertz CT molecular complexity index is 995. The summed E-state index contributed by atoms with van der Waals surface area (Å²) in [5, 5.41) is 14.5. The van der Waals surface area contributed by atoms with Gasteiger partial charge in [0.25, 0.3) is 5.91 Å². The normalized spacial score (nSPS) is 11.9. The monoisotopic (exact) mass is 400 g/mol. The Labute approximate surface area is 167 Å². The molecular formula is C19H21ClN6O2. The number of halogens is 1. The summed E-state index contributed by atoms with van der Waals surface area (Å²) >= 11 is 6.02. The fraction of sp³-hybridized carbons (Fsp3) is 0.263. The molecule has 1 unspecified atom stereocenters. The number of amides is 2. The van der Waals surface area contributed by atoms with Crippen molar-refractivity contribution in [3.63, 3.8) is 0 Å². The van der Waals surface area contributed by atoms with Gasteiger partial charge in [0.1, 0.15) is 6.04 Å². The quantitative estimate of drug-likeness (QED) is 0.662. The van der Waals surface area contributed by atoms with E-state index in [1.165, 1.54) is 10.9 Å². The molecule has 0 saturated heterocycles. The fourth-order valence-electron chi connectivity index (χ4n) is 2.70. The van der Waals surface area contributed by atoms with Crippen molar-refractivity contribution in [2.45, 2.75) is 33.4 Å². The Kier molecular flexibility index (Phi) is 5.79. The summed E-state index contributed by atoms with van der Waals surface area (Å²) in [6, 6.07) is 8.45. The molecule has 28 heavy (non-hydrogen) atoms. The number of carbonyl (C=O) groups excluding carboxylic acids is 2. The molecule has 9 heteroatoms. The van der Waals surface area contributed by atoms with Crippen LogP contribution in [0.5, 0.6) is 0 Å². The van der Waals surface area contributed by atoms with Gasteiger partial charge in [0.15, 0.2) is 5.69 Å². The summed E-state index contributed by atoms with van der Waals surface area (Å²) in [5.41, 5.74) is 1.81. The van der Waals surface area contributed by atoms with Gasteiger partial charge in [0.2, 0.25) is 5.91 Å². The number of carbonyl (C=O) groups is 2. The minimum atomic E-state index is -0.609. The number of benzene rings is 1. The van der Waals surface area contributed by atoms with E-state index in [1.807, 2.05) is 25.1 Å². The standard InChI is InChI=1S/C19H21ClN6O2/c1-4-25-11-16(17(24-25)19(28)22-14-8-6-5-7-9-14)23-18(27)13(3)26-12(2)15(20)10-21-26/h5-11,13H,4H2,1-3H3,(H,22,28)(H,23,27). The van der Waals surface area contributed by atoms with Crippen molar-refractivity contribution in [3.8, 4) is 0 Å². The first kappa shape index (κ1) is 19.6. The molecule has 0 aliphatic carbocycles. The van der Waals surface area contributed by atoms with Crippen LogP contribution in [-0.2, 0) is 11.3 Å². The average molecular weight is 401 g/mol. The Hall–Kier alpha value is -3.13. The molecule has 1 atom stereocenters. The molecule has 0 aliphatic heterocycles. The van der Waals surface area contributed by atoms with Crippen molar-refractivity contribution in [1.82, 2.24) is 19.6 Å². The van der Waals surface area contributed by atoms with Gasteiger partial charge in [0.05, 0.1) is 22.6 Å². The van der Waals surface area contributed by atoms with E-state index in [0.29, 0.717) is 28.6 Å². The molecule has 0 radical (unpaired) electrons. The molecule has 2 aromatic heterocycles. The van der Waals surface area contributed by atoms with Crippen LogP contribution in [0.1, 0.15) is 36.1 Å². The van der Waals surface area contributed by atoms with Crippen molar-refractivity contribution >= 4 is 34.8 Å². The van der Waals surface area contributed by atoms with E-state index in [0.717, 1.165) is 0 Å². The average Bonchev–Trinajstić information content (AvgIpc) is 3.25. The van der Waals surface area contributed by atoms with Crippen LogP contribution in [0.15, 0.2) is 42.7 Å². The zero-order chi connectivity index (χ0) is 20.3. The smallest absolute Gasteiger partial charge is 0.278 e. The molecule has 2 amide bonds. The second-order valence-electron chi connectivity index (χ2n) is 6.25. The number of nitrogens with zero attached hydrogens (tertiary/aromatic N) is 4. The SMILES string of the molecule is CCn1cc(NC(=O)C(C)n2ncc(Cl)c2C)c(C(=O)Nc2ccccc2)n1. The number of nitrogens with one attached hydrogen (secondary N) is 2. The number of aromatic nitrogens is 4. The van der Waals surface area contributed by atoms with Gasteiger partial charge in [-0.2, -0.15) is 10.2 Å². The van der Waals surface area contributed by atoms with Gasteiger partial charge in [-0.25, -0.2) is 0 Å². The van der Waals surface area contributed by atoms with Crippen molar-refractivity contribution in [2.24, 2.45) is 0 Å². The summed E-state index contributed by atoms with van der Waals surface area (Å²) in [5.74, 6) is -0.730. The predicted molar refractivity (Wildman–Crippen MR) is 108 cm³/mol. The number of anilines is 2. The largest absolute Gasteiger partial charge is 0.321 e. The summed E-state index contributed by atoms with van der Waals surface area (Å²) in [6.07, 6.45) is 3.13. The molecule has 3 aromatic rings. The first-order valence-corrected chi connectivity index (χ1v) is 9.22. The minimum absolute atomic E-state index is 0.140. The number of hydrogen-bond donors (Lipinski definition) is 2. The molecule has 3 rings (SSSR count). The van der Waals surface area contributed by atoms with Crippen LogP contribution in [0.4, 0.5) is 11.4 Å². The highest BCUT2D eigenvalue weighted by atomic mass is 35.5. The van der Waals surface area contributed by atoms with Crippen molar-refractivity contribution < 1.29 is 9.59 Å². The molecule has 0 bridgehead atoms. The predicted octanol–water partition coefficient (Wildman–Crippen LogP) is 3.51. The summed E-state index contributed by atoms with van der Waals surface area (Å²) < 4.78 is 3.13. The van der Waals surface area contributed by atoms with E-state index in [1.54, 1.807) is 36.9 Å². The summed E-state index contributed by atoms with van der Waals surface area (Å²) in [4.78, 5) is 25.4. The Balaban J connectivity index is 1.81. The van der Waals surface area contributed by atoms with E-state index >= 15 is 0 Å². The lowest BCUT2D eigenvalue weighted by Gasteiger charge is -2.14. The maximum atomic E-state index is 12.7. The molecule has 0 fully saturated rings. The van der Waals surface area contributed by atoms with Gasteiger partial charge in [-0.1, -0.05) is 29.8 Å². The van der Waals surface area contributed by atoms with E-state index in [4.69, 9.17) is 11.6 Å². The number of para-hydroxylation sites is 1. The van der Waals surface area contributed by atoms with Gasteiger partial charge >= 0.3 is 0 Å². The third-order valence-corrected chi connectivity index (χ3v) is 4.69. The maximum absolute atomic E-state index is 12.7. The number of aryl methyl sites for hydroxylation is 1. The van der Waals surface area contributed by atoms with Crippen molar-refractivity contribution in [3.05, 3.63) is 59.1 Å². The molecule has 2 N–H and O–H groups in total. The van der Waals surface area contributed by atoms with Crippen molar-refractivity contribution in [1.29, 1.82) is 0 Å². The van der Waals surface area contributed by atoms with Crippen LogP contribution in [0.3, 0.4) is 0 Å². The van der Waals surface area contributed by atoms with Crippen LogP contribution >= 0.6 is 11.6 Å². The second-order valence-corrected chi connectivity index (χ2v) is 6.66. The Morgan fingerprint density at radius 2 is 1.93 bits per heavy atom. The van der Waals surface area contributed by atoms with Crippen LogP contribution in [-0.4, -0.2) is 31.4 Å². The molecular weight excluding hydrogens is 380 g/mol. The maximum Gasteiger partial charge on any atom is 0.278 e. The molecule has 0 saturated carbocycles. The van der Waals surface area contributed by atoms with E-state index in [2.05, 4.69) is 20.8 Å². The molecule has 0 spiro atoms. The van der Waals surface area contributed by atoms with E-state index < -0.39 is 11.9 Å². The van der Waals surface area contributed by atoms with E-state index in [9.17, 15) is 9.59 Å². The third kappa shape index (κ3) is 4.07. The minimum Gasteiger partial charge on any atom is -0.321 e. The van der Waals surface area contributed by atoms with Gasteiger partial charge in [0, 0.05) is 18.4 Å². The van der Waals surface area contributed by atoms with Crippen LogP contribution < -0.4 is 10.6 Å². The third-order valence-electron chi connectivity index (χ3n) is 4.32. The second kappa shape index (κ2) is 8.26. The molecule has 2 heterocycles. The van der Waals surface area contributed by atoms with E-state index in [-0.39, 0.29) is 11.6 Å². The molecule has 0 aliphatic rings. The van der Waals surface area contributed by atoms with Gasteiger partial charge < -0.3 is 10.6 Å². The summed E-state index contributed by atoms with van der Waals surface area (Å²) in [6.45, 7) is 5.95. The number of rotatable bonds is 6. The Morgan fingerprint density at radius 3 is 2.54 bits per heavy atom. The highest BCUT2D eigenvalue weighted by molar-refractivity contribution is 6.31. The lowest BCUT2D eigenvalue weighted by molar-refractivity contribution is -0.119. The fourth-order valence-corrected chi connectivity index (χ4v) is 2.83. The van der Waals surface area contributed by atoms with Gasteiger partial charge in [-0.15, -0.1) is 0 Å². The first-order chi connectivity index (χ1) is 13.4. The van der Waals surface area contributed by atoms with Crippen LogP contribution in [0.2, 0.25) is 5.02 Å².